The van der Waals surface area contributed by atoms with Crippen LogP contribution in [-0.2, 0) is 6.54 Å². The Kier molecular flexibility index (Phi) is 6.02. The van der Waals surface area contributed by atoms with Gasteiger partial charge in [0, 0.05) is 31.6 Å². The monoisotopic (exact) mass is 417 g/mol. The van der Waals surface area contributed by atoms with E-state index in [1.165, 1.54) is 6.21 Å². The smallest absolute Gasteiger partial charge is 0.260 e. The zero-order valence-electron chi connectivity index (χ0n) is 17.1. The standard InChI is InChI=1S/C22H23N7O2/c1-24-13-16(12-23)15-7-8-19-17(11-15)22(30)27-20-6-4-5-18(26-20)21-28-25-14-29(21)9-2-3-10-31-19/h4-8,11-14,23-24H,2-3,9-10H2,1H3,(H,26,27,30)/b16-13+,23-12?. The summed E-state index contributed by atoms with van der Waals surface area (Å²) in [4.78, 5) is 17.7. The minimum atomic E-state index is -0.339. The Morgan fingerprint density at radius 3 is 3.03 bits per heavy atom. The maximum absolute atomic E-state index is 13.1. The van der Waals surface area contributed by atoms with Crippen LogP contribution in [-0.4, -0.2) is 45.5 Å². The van der Waals surface area contributed by atoms with Crippen LogP contribution < -0.4 is 15.4 Å². The van der Waals surface area contributed by atoms with Gasteiger partial charge in [-0.1, -0.05) is 12.1 Å². The first-order valence-electron chi connectivity index (χ1n) is 10.0. The summed E-state index contributed by atoms with van der Waals surface area (Å²) in [6, 6.07) is 10.7. The Morgan fingerprint density at radius 2 is 2.19 bits per heavy atom. The SMILES string of the molecule is CN/C=C(\C=N)c1ccc2c(c1)C(=O)Nc1cccc(n1)-c1nncn1CCCCO2. The normalized spacial score (nSPS) is 14.4. The Hall–Kier alpha value is -4.01. The number of aromatic nitrogens is 4. The van der Waals surface area contributed by atoms with Gasteiger partial charge in [-0.3, -0.25) is 4.79 Å². The quantitative estimate of drug-likeness (QED) is 0.564. The van der Waals surface area contributed by atoms with Crippen molar-refractivity contribution in [1.82, 2.24) is 25.1 Å². The number of carbonyl (C=O) groups is 1. The highest BCUT2D eigenvalue weighted by molar-refractivity contribution is 6.11. The lowest BCUT2D eigenvalue weighted by Crippen LogP contribution is -2.16. The lowest BCUT2D eigenvalue weighted by molar-refractivity contribution is 0.102. The summed E-state index contributed by atoms with van der Waals surface area (Å²) < 4.78 is 7.89. The Balaban J connectivity index is 1.74. The zero-order chi connectivity index (χ0) is 21.6. The minimum absolute atomic E-state index is 0.339. The third kappa shape index (κ3) is 4.45. The van der Waals surface area contributed by atoms with Crippen LogP contribution in [0.2, 0.25) is 0 Å². The first-order valence-corrected chi connectivity index (χ1v) is 10.0. The number of amides is 1. The second-order valence-corrected chi connectivity index (χ2v) is 7.01. The van der Waals surface area contributed by atoms with Crippen molar-refractivity contribution in [2.75, 3.05) is 19.0 Å². The van der Waals surface area contributed by atoms with Crippen LogP contribution in [0.4, 0.5) is 5.82 Å². The molecule has 158 valence electrons. The van der Waals surface area contributed by atoms with E-state index in [0.717, 1.165) is 24.9 Å². The van der Waals surface area contributed by atoms with Crippen molar-refractivity contribution in [2.45, 2.75) is 19.4 Å². The molecular formula is C22H23N7O2. The van der Waals surface area contributed by atoms with Gasteiger partial charge in [-0.2, -0.15) is 0 Å². The molecule has 1 amide bonds. The predicted octanol–water partition coefficient (Wildman–Crippen LogP) is 2.97. The summed E-state index contributed by atoms with van der Waals surface area (Å²) in [5.74, 6) is 1.22. The van der Waals surface area contributed by atoms with Gasteiger partial charge in [0.2, 0.25) is 0 Å². The number of allylic oxidation sites excluding steroid dienone is 1. The van der Waals surface area contributed by atoms with E-state index in [2.05, 4.69) is 25.8 Å². The number of nitrogens with zero attached hydrogens (tertiary/aromatic N) is 4. The molecule has 0 fully saturated rings. The molecule has 0 spiro atoms. The molecule has 0 aliphatic carbocycles. The molecule has 3 heterocycles. The van der Waals surface area contributed by atoms with Crippen LogP contribution in [0.3, 0.4) is 0 Å². The summed E-state index contributed by atoms with van der Waals surface area (Å²) in [5, 5.41) is 21.6. The molecule has 0 radical (unpaired) electrons. The molecule has 1 aliphatic rings. The molecule has 9 nitrogen and oxygen atoms in total. The van der Waals surface area contributed by atoms with Gasteiger partial charge < -0.3 is 25.3 Å². The van der Waals surface area contributed by atoms with Crippen molar-refractivity contribution in [3.05, 3.63) is 60.1 Å². The molecule has 0 saturated heterocycles. The molecule has 1 aliphatic heterocycles. The van der Waals surface area contributed by atoms with Gasteiger partial charge in [0.25, 0.3) is 5.91 Å². The number of benzene rings is 1. The lowest BCUT2D eigenvalue weighted by atomic mass is 10.0. The molecule has 0 saturated carbocycles. The van der Waals surface area contributed by atoms with Gasteiger partial charge in [0.1, 0.15) is 23.6 Å². The fourth-order valence-electron chi connectivity index (χ4n) is 3.37. The Morgan fingerprint density at radius 1 is 1.29 bits per heavy atom. The van der Waals surface area contributed by atoms with Crippen molar-refractivity contribution >= 4 is 23.5 Å². The number of carbonyl (C=O) groups excluding carboxylic acids is 1. The number of hydrogen-bond donors (Lipinski definition) is 3. The molecule has 3 aromatic rings. The van der Waals surface area contributed by atoms with E-state index in [1.54, 1.807) is 37.8 Å². The molecule has 2 bridgehead atoms. The number of ether oxygens (including phenoxy) is 1. The first-order chi connectivity index (χ1) is 15.2. The van der Waals surface area contributed by atoms with Crippen molar-refractivity contribution < 1.29 is 9.53 Å². The van der Waals surface area contributed by atoms with Gasteiger partial charge in [0.05, 0.1) is 12.2 Å². The molecular weight excluding hydrogens is 394 g/mol. The maximum atomic E-state index is 13.1. The van der Waals surface area contributed by atoms with E-state index in [0.29, 0.717) is 40.8 Å². The number of anilines is 1. The highest BCUT2D eigenvalue weighted by Gasteiger charge is 2.17. The largest absolute Gasteiger partial charge is 0.493 e. The van der Waals surface area contributed by atoms with Crippen LogP contribution >= 0.6 is 0 Å². The molecule has 3 N–H and O–H groups in total. The lowest BCUT2D eigenvalue weighted by Gasteiger charge is -2.15. The number of aryl methyl sites for hydroxylation is 1. The highest BCUT2D eigenvalue weighted by atomic mass is 16.5. The minimum Gasteiger partial charge on any atom is -0.493 e. The summed E-state index contributed by atoms with van der Waals surface area (Å²) in [7, 11) is 1.76. The molecule has 0 atom stereocenters. The molecule has 31 heavy (non-hydrogen) atoms. The fraction of sp³-hybridized carbons (Fsp3) is 0.227. The van der Waals surface area contributed by atoms with Crippen molar-refractivity contribution in [2.24, 2.45) is 0 Å². The summed E-state index contributed by atoms with van der Waals surface area (Å²) in [6.45, 7) is 1.22. The zero-order valence-corrected chi connectivity index (χ0v) is 17.1. The average molecular weight is 417 g/mol. The van der Waals surface area contributed by atoms with E-state index < -0.39 is 0 Å². The highest BCUT2D eigenvalue weighted by Crippen LogP contribution is 2.26. The van der Waals surface area contributed by atoms with Crippen LogP contribution in [0.1, 0.15) is 28.8 Å². The molecule has 9 heteroatoms. The Bertz CT molecular complexity index is 1140. The molecule has 0 unspecified atom stereocenters. The average Bonchev–Trinajstić information content (AvgIpc) is 3.25. The van der Waals surface area contributed by atoms with Gasteiger partial charge in [0.15, 0.2) is 5.82 Å². The summed E-state index contributed by atoms with van der Waals surface area (Å²) in [6.07, 6.45) is 6.30. The van der Waals surface area contributed by atoms with E-state index in [1.807, 2.05) is 22.8 Å². The predicted molar refractivity (Wildman–Crippen MR) is 118 cm³/mol. The third-order valence-electron chi connectivity index (χ3n) is 4.90. The van der Waals surface area contributed by atoms with Crippen molar-refractivity contribution in [1.29, 1.82) is 5.41 Å². The second kappa shape index (κ2) is 9.21. The van der Waals surface area contributed by atoms with E-state index in [-0.39, 0.29) is 5.91 Å². The topological polar surface area (TPSA) is 118 Å². The Labute approximate surface area is 179 Å². The fourth-order valence-corrected chi connectivity index (χ4v) is 3.37. The van der Waals surface area contributed by atoms with Crippen LogP contribution in [0.25, 0.3) is 17.1 Å². The molecule has 2 aromatic heterocycles. The number of rotatable bonds is 3. The van der Waals surface area contributed by atoms with Crippen molar-refractivity contribution in [3.63, 3.8) is 0 Å². The van der Waals surface area contributed by atoms with Crippen LogP contribution in [0, 0.1) is 5.41 Å². The van der Waals surface area contributed by atoms with Gasteiger partial charge >= 0.3 is 0 Å². The van der Waals surface area contributed by atoms with E-state index >= 15 is 0 Å². The van der Waals surface area contributed by atoms with Crippen LogP contribution in [0.15, 0.2) is 48.9 Å². The second-order valence-electron chi connectivity index (χ2n) is 7.01. The summed E-state index contributed by atoms with van der Waals surface area (Å²) >= 11 is 0. The van der Waals surface area contributed by atoms with Gasteiger partial charge in [-0.25, -0.2) is 4.98 Å². The number of pyridine rings is 1. The third-order valence-corrected chi connectivity index (χ3v) is 4.90. The maximum Gasteiger partial charge on any atom is 0.260 e. The van der Waals surface area contributed by atoms with Crippen LogP contribution in [0.5, 0.6) is 5.75 Å². The van der Waals surface area contributed by atoms with Crippen molar-refractivity contribution in [3.8, 4) is 17.3 Å². The number of hydrogen-bond acceptors (Lipinski definition) is 7. The first kappa shape index (κ1) is 20.3. The van der Waals surface area contributed by atoms with Gasteiger partial charge in [-0.05, 0) is 42.7 Å². The van der Waals surface area contributed by atoms with E-state index in [4.69, 9.17) is 10.1 Å². The van der Waals surface area contributed by atoms with E-state index in [9.17, 15) is 4.79 Å². The number of nitrogens with one attached hydrogen (secondary N) is 3. The number of fused-ring (bicyclic) bond motifs is 5. The summed E-state index contributed by atoms with van der Waals surface area (Å²) in [5.41, 5.74) is 2.41. The molecule has 1 aromatic carbocycles. The molecule has 4 rings (SSSR count). The van der Waals surface area contributed by atoms with Gasteiger partial charge in [-0.15, -0.1) is 10.2 Å².